The summed E-state index contributed by atoms with van der Waals surface area (Å²) in [6.07, 6.45) is 5.57. The Morgan fingerprint density at radius 2 is 1.95 bits per heavy atom. The molecule has 0 bridgehead atoms. The summed E-state index contributed by atoms with van der Waals surface area (Å²) in [5, 5.41) is 0. The van der Waals surface area contributed by atoms with Crippen LogP contribution in [0.4, 0.5) is 5.69 Å². The van der Waals surface area contributed by atoms with Gasteiger partial charge < -0.3 is 0 Å². The highest BCUT2D eigenvalue weighted by molar-refractivity contribution is 5.61. The Balaban J connectivity index is 2.01. The van der Waals surface area contributed by atoms with Crippen LogP contribution in [0.2, 0.25) is 0 Å². The van der Waals surface area contributed by atoms with Crippen molar-refractivity contribution in [2.24, 2.45) is 4.99 Å². The third kappa shape index (κ3) is 2.46. The third-order valence-electron chi connectivity index (χ3n) is 3.92. The number of hydrogen-bond acceptors (Lipinski definition) is 1. The molecule has 96 valence electrons. The number of benzene rings is 2. The SMILES string of the molecule is CC=Nc1ccc2c(c1)CCCC2c1ccccc1. The number of aliphatic imine (C=N–C) groups is 1. The molecule has 2 aromatic carbocycles. The summed E-state index contributed by atoms with van der Waals surface area (Å²) < 4.78 is 0. The monoisotopic (exact) mass is 249 g/mol. The average molecular weight is 249 g/mol. The molecule has 0 fully saturated rings. The maximum atomic E-state index is 4.39. The van der Waals surface area contributed by atoms with Gasteiger partial charge in [-0.15, -0.1) is 0 Å². The fraction of sp³-hybridized carbons (Fsp3) is 0.278. The van der Waals surface area contributed by atoms with Gasteiger partial charge in [0.25, 0.3) is 0 Å². The minimum Gasteiger partial charge on any atom is -0.262 e. The minimum absolute atomic E-state index is 0.560. The van der Waals surface area contributed by atoms with Gasteiger partial charge in [0.1, 0.15) is 0 Å². The predicted octanol–water partition coefficient (Wildman–Crippen LogP) is 4.88. The number of rotatable bonds is 2. The highest BCUT2D eigenvalue weighted by Gasteiger charge is 2.21. The third-order valence-corrected chi connectivity index (χ3v) is 3.92. The van der Waals surface area contributed by atoms with E-state index >= 15 is 0 Å². The molecular weight excluding hydrogens is 230 g/mol. The normalized spacial score (nSPS) is 18.5. The topological polar surface area (TPSA) is 12.4 Å². The van der Waals surface area contributed by atoms with E-state index in [4.69, 9.17) is 0 Å². The fourth-order valence-electron chi connectivity index (χ4n) is 3.06. The molecule has 2 aromatic rings. The number of aryl methyl sites for hydroxylation is 1. The highest BCUT2D eigenvalue weighted by Crippen LogP contribution is 2.37. The van der Waals surface area contributed by atoms with Gasteiger partial charge in [-0.25, -0.2) is 0 Å². The van der Waals surface area contributed by atoms with Gasteiger partial charge in [-0.1, -0.05) is 36.4 Å². The van der Waals surface area contributed by atoms with E-state index in [0.29, 0.717) is 5.92 Å². The van der Waals surface area contributed by atoms with Crippen LogP contribution >= 0.6 is 0 Å². The zero-order chi connectivity index (χ0) is 13.1. The summed E-state index contributed by atoms with van der Waals surface area (Å²) in [6, 6.07) is 17.5. The van der Waals surface area contributed by atoms with E-state index in [9.17, 15) is 0 Å². The van der Waals surface area contributed by atoms with E-state index in [2.05, 4.69) is 53.5 Å². The first-order valence-electron chi connectivity index (χ1n) is 7.05. The molecular formula is C18H19N. The Kier molecular flexibility index (Phi) is 3.45. The summed E-state index contributed by atoms with van der Waals surface area (Å²) in [6.45, 7) is 1.96. The number of fused-ring (bicyclic) bond motifs is 1. The standard InChI is InChI=1S/C18H19N/c1-2-19-16-11-12-18-15(13-16)9-6-10-17(18)14-7-4-3-5-8-14/h2-5,7-8,11-13,17H,6,9-10H2,1H3. The van der Waals surface area contributed by atoms with Crippen molar-refractivity contribution < 1.29 is 0 Å². The molecule has 0 saturated carbocycles. The zero-order valence-corrected chi connectivity index (χ0v) is 11.3. The van der Waals surface area contributed by atoms with Crippen molar-refractivity contribution in [1.82, 2.24) is 0 Å². The van der Waals surface area contributed by atoms with Crippen molar-refractivity contribution in [3.05, 3.63) is 65.2 Å². The molecule has 1 atom stereocenters. The van der Waals surface area contributed by atoms with Crippen molar-refractivity contribution in [3.63, 3.8) is 0 Å². The van der Waals surface area contributed by atoms with E-state index < -0.39 is 0 Å². The van der Waals surface area contributed by atoms with Crippen molar-refractivity contribution in [2.75, 3.05) is 0 Å². The maximum Gasteiger partial charge on any atom is 0.0628 e. The van der Waals surface area contributed by atoms with Gasteiger partial charge >= 0.3 is 0 Å². The lowest BCUT2D eigenvalue weighted by Crippen LogP contribution is -2.10. The largest absolute Gasteiger partial charge is 0.262 e. The summed E-state index contributed by atoms with van der Waals surface area (Å²) in [5.41, 5.74) is 5.49. The van der Waals surface area contributed by atoms with Crippen LogP contribution in [0, 0.1) is 0 Å². The first-order chi connectivity index (χ1) is 9.38. The van der Waals surface area contributed by atoms with E-state index in [-0.39, 0.29) is 0 Å². The number of hydrogen-bond donors (Lipinski definition) is 0. The Morgan fingerprint density at radius 3 is 2.74 bits per heavy atom. The average Bonchev–Trinajstić information content (AvgIpc) is 2.48. The lowest BCUT2D eigenvalue weighted by molar-refractivity contribution is 0.616. The van der Waals surface area contributed by atoms with Gasteiger partial charge in [-0.05, 0) is 55.0 Å². The van der Waals surface area contributed by atoms with Crippen LogP contribution in [0.25, 0.3) is 0 Å². The first-order valence-corrected chi connectivity index (χ1v) is 7.05. The molecule has 0 radical (unpaired) electrons. The molecule has 3 rings (SSSR count). The number of nitrogens with zero attached hydrogens (tertiary/aromatic N) is 1. The van der Waals surface area contributed by atoms with Crippen LogP contribution < -0.4 is 0 Å². The van der Waals surface area contributed by atoms with E-state index in [1.165, 1.54) is 36.0 Å². The predicted molar refractivity (Wildman–Crippen MR) is 81.5 cm³/mol. The molecule has 0 amide bonds. The van der Waals surface area contributed by atoms with Crippen LogP contribution in [0.5, 0.6) is 0 Å². The molecule has 19 heavy (non-hydrogen) atoms. The Hall–Kier alpha value is -1.89. The van der Waals surface area contributed by atoms with E-state index in [1.807, 2.05) is 13.1 Å². The van der Waals surface area contributed by atoms with Gasteiger partial charge in [0.05, 0.1) is 5.69 Å². The summed E-state index contributed by atoms with van der Waals surface area (Å²) in [7, 11) is 0. The fourth-order valence-corrected chi connectivity index (χ4v) is 3.06. The smallest absolute Gasteiger partial charge is 0.0628 e. The first kappa shape index (κ1) is 12.2. The Morgan fingerprint density at radius 1 is 1.11 bits per heavy atom. The molecule has 0 saturated heterocycles. The second kappa shape index (κ2) is 5.40. The van der Waals surface area contributed by atoms with Gasteiger partial charge in [0, 0.05) is 12.1 Å². The van der Waals surface area contributed by atoms with Crippen molar-refractivity contribution >= 4 is 11.9 Å². The molecule has 0 aliphatic heterocycles. The molecule has 1 heteroatoms. The lowest BCUT2D eigenvalue weighted by Gasteiger charge is -2.26. The van der Waals surface area contributed by atoms with E-state index in [0.717, 1.165) is 5.69 Å². The Labute approximate surface area is 115 Å². The maximum absolute atomic E-state index is 4.39. The van der Waals surface area contributed by atoms with Crippen molar-refractivity contribution in [2.45, 2.75) is 32.1 Å². The van der Waals surface area contributed by atoms with Crippen LogP contribution in [0.3, 0.4) is 0 Å². The van der Waals surface area contributed by atoms with Crippen LogP contribution in [0.15, 0.2) is 53.5 Å². The van der Waals surface area contributed by atoms with Gasteiger partial charge in [-0.2, -0.15) is 0 Å². The highest BCUT2D eigenvalue weighted by atomic mass is 14.7. The zero-order valence-electron chi connectivity index (χ0n) is 11.3. The quantitative estimate of drug-likeness (QED) is 0.673. The van der Waals surface area contributed by atoms with E-state index in [1.54, 1.807) is 0 Å². The summed E-state index contributed by atoms with van der Waals surface area (Å²) in [4.78, 5) is 4.39. The minimum atomic E-state index is 0.560. The molecule has 1 aliphatic carbocycles. The molecule has 1 aliphatic rings. The Bertz CT molecular complexity index is 584. The van der Waals surface area contributed by atoms with Gasteiger partial charge in [0.2, 0.25) is 0 Å². The molecule has 0 N–H and O–H groups in total. The molecule has 0 aromatic heterocycles. The van der Waals surface area contributed by atoms with Gasteiger partial charge in [-0.3, -0.25) is 4.99 Å². The van der Waals surface area contributed by atoms with Crippen molar-refractivity contribution in [1.29, 1.82) is 0 Å². The van der Waals surface area contributed by atoms with Crippen LogP contribution in [-0.2, 0) is 6.42 Å². The van der Waals surface area contributed by atoms with Gasteiger partial charge in [0.15, 0.2) is 0 Å². The molecule has 0 heterocycles. The van der Waals surface area contributed by atoms with Crippen LogP contribution in [-0.4, -0.2) is 6.21 Å². The lowest BCUT2D eigenvalue weighted by atomic mass is 9.79. The second-order valence-corrected chi connectivity index (χ2v) is 5.13. The second-order valence-electron chi connectivity index (χ2n) is 5.13. The molecule has 1 nitrogen and oxygen atoms in total. The molecule has 0 spiro atoms. The molecule has 1 unspecified atom stereocenters. The van der Waals surface area contributed by atoms with Crippen molar-refractivity contribution in [3.8, 4) is 0 Å². The van der Waals surface area contributed by atoms with Crippen LogP contribution in [0.1, 0.15) is 42.4 Å². The summed E-state index contributed by atoms with van der Waals surface area (Å²) >= 11 is 0. The summed E-state index contributed by atoms with van der Waals surface area (Å²) in [5.74, 6) is 0.560.